The summed E-state index contributed by atoms with van der Waals surface area (Å²) in [6.07, 6.45) is 2.65. The fourth-order valence-electron chi connectivity index (χ4n) is 2.65. The molecule has 3 aromatic heterocycles. The minimum atomic E-state index is -0.522. The number of aromatic nitrogens is 2. The minimum absolute atomic E-state index is 0.0697. The van der Waals surface area contributed by atoms with Gasteiger partial charge in [-0.1, -0.05) is 6.07 Å². The third kappa shape index (κ3) is 2.74. The number of nitrogens with zero attached hydrogens (tertiary/aromatic N) is 2. The highest BCUT2D eigenvalue weighted by Crippen LogP contribution is 2.21. The molecule has 4 aromatic rings. The molecule has 124 valence electrons. The molecular formula is C18H13N3O3S. The van der Waals surface area contributed by atoms with Gasteiger partial charge in [-0.15, -0.1) is 11.3 Å². The van der Waals surface area contributed by atoms with Crippen LogP contribution in [0.2, 0.25) is 0 Å². The summed E-state index contributed by atoms with van der Waals surface area (Å²) < 4.78 is 2.34. The first-order valence-electron chi connectivity index (χ1n) is 7.57. The number of thiophene rings is 1. The molecule has 0 aliphatic carbocycles. The Labute approximate surface area is 146 Å². The van der Waals surface area contributed by atoms with Gasteiger partial charge in [-0.25, -0.2) is 4.98 Å². The third-order valence-corrected chi connectivity index (χ3v) is 4.82. The molecule has 25 heavy (non-hydrogen) atoms. The van der Waals surface area contributed by atoms with Crippen molar-refractivity contribution in [1.29, 1.82) is 0 Å². The SMILES string of the molecule is O=C(NCc1ccc2sccc2c1)c1cnc2c(O)cccn2c1=O. The van der Waals surface area contributed by atoms with E-state index in [-0.39, 0.29) is 17.0 Å². The fraction of sp³-hybridized carbons (Fsp3) is 0.0556. The summed E-state index contributed by atoms with van der Waals surface area (Å²) in [6.45, 7) is 0.312. The Kier molecular flexibility index (Phi) is 3.70. The zero-order valence-electron chi connectivity index (χ0n) is 13.0. The van der Waals surface area contributed by atoms with Crippen LogP contribution in [0, 0.1) is 0 Å². The molecule has 1 amide bonds. The molecule has 0 spiro atoms. The Morgan fingerprint density at radius 3 is 3.04 bits per heavy atom. The lowest BCUT2D eigenvalue weighted by atomic mass is 10.1. The number of hydrogen-bond acceptors (Lipinski definition) is 5. The van der Waals surface area contributed by atoms with Gasteiger partial charge in [0.2, 0.25) is 0 Å². The Morgan fingerprint density at radius 1 is 1.28 bits per heavy atom. The van der Waals surface area contributed by atoms with Crippen LogP contribution in [0.3, 0.4) is 0 Å². The van der Waals surface area contributed by atoms with Crippen molar-refractivity contribution >= 4 is 33.0 Å². The van der Waals surface area contributed by atoms with Gasteiger partial charge in [-0.3, -0.25) is 14.0 Å². The van der Waals surface area contributed by atoms with E-state index in [9.17, 15) is 14.7 Å². The number of carbonyl (C=O) groups is 1. The van der Waals surface area contributed by atoms with Gasteiger partial charge >= 0.3 is 0 Å². The molecule has 0 saturated heterocycles. The van der Waals surface area contributed by atoms with E-state index < -0.39 is 11.5 Å². The van der Waals surface area contributed by atoms with E-state index >= 15 is 0 Å². The summed E-state index contributed by atoms with van der Waals surface area (Å²) in [5.74, 6) is -0.615. The molecule has 1 aromatic carbocycles. The van der Waals surface area contributed by atoms with Gasteiger partial charge < -0.3 is 10.4 Å². The monoisotopic (exact) mass is 351 g/mol. The van der Waals surface area contributed by atoms with E-state index in [1.807, 2.05) is 29.6 Å². The number of benzene rings is 1. The summed E-state index contributed by atoms with van der Waals surface area (Å²) in [4.78, 5) is 28.8. The number of fused-ring (bicyclic) bond motifs is 2. The van der Waals surface area contributed by atoms with Crippen LogP contribution in [0.5, 0.6) is 5.75 Å². The fourth-order valence-corrected chi connectivity index (χ4v) is 3.42. The van der Waals surface area contributed by atoms with Crippen molar-refractivity contribution in [1.82, 2.24) is 14.7 Å². The Hall–Kier alpha value is -3.19. The molecule has 0 fully saturated rings. The van der Waals surface area contributed by atoms with E-state index in [1.54, 1.807) is 11.3 Å². The highest BCUT2D eigenvalue weighted by atomic mass is 32.1. The predicted molar refractivity (Wildman–Crippen MR) is 96.1 cm³/mol. The quantitative estimate of drug-likeness (QED) is 0.594. The Morgan fingerprint density at radius 2 is 2.16 bits per heavy atom. The molecule has 2 N–H and O–H groups in total. The number of aromatic hydroxyl groups is 1. The van der Waals surface area contributed by atoms with Crippen LogP contribution < -0.4 is 10.9 Å². The number of amides is 1. The summed E-state index contributed by atoms with van der Waals surface area (Å²) >= 11 is 1.66. The first-order chi connectivity index (χ1) is 12.1. The van der Waals surface area contributed by atoms with Gasteiger partial charge in [-0.2, -0.15) is 0 Å². The molecule has 6 nitrogen and oxygen atoms in total. The standard InChI is InChI=1S/C18H13N3O3S/c22-14-2-1-6-21-16(14)19-10-13(18(21)24)17(23)20-9-11-3-4-15-12(8-11)5-7-25-15/h1-8,10,22H,9H2,(H,20,23). The van der Waals surface area contributed by atoms with Gasteiger partial charge in [0.25, 0.3) is 11.5 Å². The molecular weight excluding hydrogens is 338 g/mol. The minimum Gasteiger partial charge on any atom is -0.504 e. The maximum Gasteiger partial charge on any atom is 0.270 e. The molecule has 0 aliphatic rings. The Bertz CT molecular complexity index is 1160. The van der Waals surface area contributed by atoms with Crippen molar-refractivity contribution in [3.63, 3.8) is 0 Å². The second-order valence-corrected chi connectivity index (χ2v) is 6.49. The molecule has 0 saturated carbocycles. The number of carbonyl (C=O) groups excluding carboxylic acids is 1. The second-order valence-electron chi connectivity index (χ2n) is 5.54. The van der Waals surface area contributed by atoms with Gasteiger partial charge in [0.05, 0.1) is 0 Å². The zero-order chi connectivity index (χ0) is 17.4. The average molecular weight is 351 g/mol. The van der Waals surface area contributed by atoms with Crippen molar-refractivity contribution in [3.8, 4) is 5.75 Å². The van der Waals surface area contributed by atoms with E-state index in [0.29, 0.717) is 6.54 Å². The van der Waals surface area contributed by atoms with Crippen LogP contribution in [0.25, 0.3) is 15.7 Å². The summed E-state index contributed by atoms with van der Waals surface area (Å²) in [7, 11) is 0. The molecule has 7 heteroatoms. The van der Waals surface area contributed by atoms with Gasteiger partial charge in [0.1, 0.15) is 5.56 Å². The largest absolute Gasteiger partial charge is 0.504 e. The third-order valence-electron chi connectivity index (χ3n) is 3.93. The number of rotatable bonds is 3. The van der Waals surface area contributed by atoms with Crippen LogP contribution in [0.15, 0.2) is 59.0 Å². The number of nitrogens with one attached hydrogen (secondary N) is 1. The molecule has 4 rings (SSSR count). The van der Waals surface area contributed by atoms with Crippen molar-refractivity contribution in [2.75, 3.05) is 0 Å². The summed E-state index contributed by atoms with van der Waals surface area (Å²) in [5, 5.41) is 15.6. The predicted octanol–water partition coefficient (Wildman–Crippen LogP) is 2.54. The normalized spacial score (nSPS) is 11.0. The van der Waals surface area contributed by atoms with Crippen molar-refractivity contribution < 1.29 is 9.90 Å². The van der Waals surface area contributed by atoms with Gasteiger partial charge in [0, 0.05) is 23.6 Å². The van der Waals surface area contributed by atoms with Gasteiger partial charge in [-0.05, 0) is 46.7 Å². The molecule has 0 radical (unpaired) electrons. The van der Waals surface area contributed by atoms with E-state index in [4.69, 9.17) is 0 Å². The summed E-state index contributed by atoms with van der Waals surface area (Å²) in [6, 6.07) is 10.9. The molecule has 0 unspecified atom stereocenters. The van der Waals surface area contributed by atoms with Crippen LogP contribution in [-0.2, 0) is 6.54 Å². The molecule has 3 heterocycles. The van der Waals surface area contributed by atoms with Crippen molar-refractivity contribution in [2.45, 2.75) is 6.54 Å². The smallest absolute Gasteiger partial charge is 0.270 e. The first kappa shape index (κ1) is 15.3. The highest BCUT2D eigenvalue weighted by Gasteiger charge is 2.14. The topological polar surface area (TPSA) is 83.7 Å². The van der Waals surface area contributed by atoms with E-state index in [1.165, 1.54) is 29.2 Å². The average Bonchev–Trinajstić information content (AvgIpc) is 3.08. The lowest BCUT2D eigenvalue weighted by molar-refractivity contribution is 0.0949. The van der Waals surface area contributed by atoms with Gasteiger partial charge in [0.15, 0.2) is 11.4 Å². The van der Waals surface area contributed by atoms with Crippen LogP contribution in [0.1, 0.15) is 15.9 Å². The molecule has 0 bridgehead atoms. The van der Waals surface area contributed by atoms with Crippen molar-refractivity contribution in [3.05, 3.63) is 75.7 Å². The maximum atomic E-state index is 12.4. The highest BCUT2D eigenvalue weighted by molar-refractivity contribution is 7.17. The first-order valence-corrected chi connectivity index (χ1v) is 8.45. The van der Waals surface area contributed by atoms with Crippen LogP contribution >= 0.6 is 11.3 Å². The lowest BCUT2D eigenvalue weighted by Gasteiger charge is -2.07. The Balaban J connectivity index is 1.59. The van der Waals surface area contributed by atoms with E-state index in [0.717, 1.165) is 15.4 Å². The van der Waals surface area contributed by atoms with E-state index in [2.05, 4.69) is 10.3 Å². The van der Waals surface area contributed by atoms with Crippen LogP contribution in [-0.4, -0.2) is 20.4 Å². The zero-order valence-corrected chi connectivity index (χ0v) is 13.8. The molecule has 0 atom stereocenters. The van der Waals surface area contributed by atoms with Crippen LogP contribution in [0.4, 0.5) is 0 Å². The summed E-state index contributed by atoms with van der Waals surface area (Å²) in [5.41, 5.74) is 0.476. The number of hydrogen-bond donors (Lipinski definition) is 2. The number of pyridine rings is 1. The molecule has 0 aliphatic heterocycles. The lowest BCUT2D eigenvalue weighted by Crippen LogP contribution is -2.31. The van der Waals surface area contributed by atoms with Crippen molar-refractivity contribution in [2.24, 2.45) is 0 Å². The maximum absolute atomic E-state index is 12.4. The second kappa shape index (κ2) is 6.03.